The first-order valence-corrected chi connectivity index (χ1v) is 4.29. The second kappa shape index (κ2) is 4.70. The molecule has 11 heavy (non-hydrogen) atoms. The van der Waals surface area contributed by atoms with Crippen LogP contribution >= 0.6 is 0 Å². The van der Waals surface area contributed by atoms with Gasteiger partial charge in [-0.15, -0.1) is 0 Å². The molecule has 66 valence electrons. The van der Waals surface area contributed by atoms with E-state index in [9.17, 15) is 0 Å². The van der Waals surface area contributed by atoms with Gasteiger partial charge in [0.25, 0.3) is 0 Å². The summed E-state index contributed by atoms with van der Waals surface area (Å²) in [6, 6.07) is 0. The van der Waals surface area contributed by atoms with Crippen LogP contribution in [0.15, 0.2) is 0 Å². The Bertz CT molecular complexity index is 102. The van der Waals surface area contributed by atoms with Crippen LogP contribution in [0.2, 0.25) is 0 Å². The van der Waals surface area contributed by atoms with Crippen LogP contribution in [-0.2, 0) is 4.84 Å². The standard InChI is InChI=1S/C8H18N2O/c1-10(11-2)7-8-4-3-5-9-6-8/h8-9H,3-7H2,1-2H3/t8-/m0/s1. The average Bonchev–Trinajstić information content (AvgIpc) is 2.06. The van der Waals surface area contributed by atoms with E-state index >= 15 is 0 Å². The van der Waals surface area contributed by atoms with Gasteiger partial charge < -0.3 is 10.2 Å². The van der Waals surface area contributed by atoms with E-state index in [0.717, 1.165) is 19.0 Å². The molecule has 3 nitrogen and oxygen atoms in total. The summed E-state index contributed by atoms with van der Waals surface area (Å²) in [6.07, 6.45) is 2.64. The summed E-state index contributed by atoms with van der Waals surface area (Å²) in [5, 5.41) is 5.28. The molecule has 0 aromatic rings. The molecule has 0 aromatic carbocycles. The van der Waals surface area contributed by atoms with Crippen molar-refractivity contribution in [1.29, 1.82) is 0 Å². The van der Waals surface area contributed by atoms with Crippen molar-refractivity contribution in [2.75, 3.05) is 33.8 Å². The molecule has 1 fully saturated rings. The van der Waals surface area contributed by atoms with Crippen molar-refractivity contribution in [3.05, 3.63) is 0 Å². The Hall–Kier alpha value is -0.120. The van der Waals surface area contributed by atoms with E-state index in [0.29, 0.717) is 0 Å². The lowest BCUT2D eigenvalue weighted by Crippen LogP contribution is -2.36. The SMILES string of the molecule is CON(C)C[C@H]1CCCNC1. The highest BCUT2D eigenvalue weighted by molar-refractivity contribution is 4.69. The van der Waals surface area contributed by atoms with E-state index in [4.69, 9.17) is 4.84 Å². The van der Waals surface area contributed by atoms with Gasteiger partial charge in [0.2, 0.25) is 0 Å². The van der Waals surface area contributed by atoms with Crippen molar-refractivity contribution in [3.63, 3.8) is 0 Å². The lowest BCUT2D eigenvalue weighted by molar-refractivity contribution is -0.119. The zero-order valence-electron chi connectivity index (χ0n) is 7.47. The smallest absolute Gasteiger partial charge is 0.0575 e. The first-order valence-electron chi connectivity index (χ1n) is 4.29. The molecule has 0 aromatic heterocycles. The van der Waals surface area contributed by atoms with E-state index < -0.39 is 0 Å². The molecule has 0 spiro atoms. The highest BCUT2D eigenvalue weighted by atomic mass is 16.7. The molecule has 0 unspecified atom stereocenters. The maximum absolute atomic E-state index is 5.06. The van der Waals surface area contributed by atoms with Crippen LogP contribution < -0.4 is 5.32 Å². The fraction of sp³-hybridized carbons (Fsp3) is 1.00. The topological polar surface area (TPSA) is 24.5 Å². The van der Waals surface area contributed by atoms with Crippen LogP contribution in [0.5, 0.6) is 0 Å². The minimum atomic E-state index is 0.772. The van der Waals surface area contributed by atoms with E-state index in [1.54, 1.807) is 7.11 Å². The van der Waals surface area contributed by atoms with Crippen LogP contribution in [0.4, 0.5) is 0 Å². The Labute approximate surface area is 68.7 Å². The quantitative estimate of drug-likeness (QED) is 0.605. The van der Waals surface area contributed by atoms with Gasteiger partial charge >= 0.3 is 0 Å². The largest absolute Gasteiger partial charge is 0.316 e. The van der Waals surface area contributed by atoms with Crippen molar-refractivity contribution >= 4 is 0 Å². The molecule has 1 saturated heterocycles. The minimum Gasteiger partial charge on any atom is -0.316 e. The van der Waals surface area contributed by atoms with Gasteiger partial charge in [0.05, 0.1) is 7.11 Å². The van der Waals surface area contributed by atoms with Gasteiger partial charge in [-0.05, 0) is 31.8 Å². The maximum atomic E-state index is 5.06. The third kappa shape index (κ3) is 3.18. The first kappa shape index (κ1) is 8.97. The fourth-order valence-electron chi connectivity index (χ4n) is 1.52. The van der Waals surface area contributed by atoms with Crippen molar-refractivity contribution in [3.8, 4) is 0 Å². The number of nitrogens with one attached hydrogen (secondary N) is 1. The normalized spacial score (nSPS) is 25.9. The molecular formula is C8H18N2O. The molecule has 0 saturated carbocycles. The number of hydroxylamine groups is 2. The summed E-state index contributed by atoms with van der Waals surface area (Å²) in [5.41, 5.74) is 0. The Morgan fingerprint density at radius 1 is 1.64 bits per heavy atom. The summed E-state index contributed by atoms with van der Waals surface area (Å²) in [6.45, 7) is 3.38. The third-order valence-corrected chi connectivity index (χ3v) is 2.23. The van der Waals surface area contributed by atoms with E-state index in [2.05, 4.69) is 5.32 Å². The van der Waals surface area contributed by atoms with Crippen molar-refractivity contribution in [2.24, 2.45) is 5.92 Å². The Morgan fingerprint density at radius 3 is 3.00 bits per heavy atom. The third-order valence-electron chi connectivity index (χ3n) is 2.23. The molecule has 1 aliphatic rings. The highest BCUT2D eigenvalue weighted by Crippen LogP contribution is 2.10. The molecule has 0 bridgehead atoms. The highest BCUT2D eigenvalue weighted by Gasteiger charge is 2.14. The molecule has 1 N–H and O–H groups in total. The van der Waals surface area contributed by atoms with Gasteiger partial charge in [0.15, 0.2) is 0 Å². The molecule has 0 radical (unpaired) electrons. The van der Waals surface area contributed by atoms with Crippen molar-refractivity contribution < 1.29 is 4.84 Å². The molecule has 1 atom stereocenters. The van der Waals surface area contributed by atoms with Gasteiger partial charge in [0, 0.05) is 13.6 Å². The van der Waals surface area contributed by atoms with Crippen LogP contribution in [-0.4, -0.2) is 38.9 Å². The van der Waals surface area contributed by atoms with Gasteiger partial charge in [-0.3, -0.25) is 0 Å². The molecule has 0 amide bonds. The van der Waals surface area contributed by atoms with E-state index in [1.807, 2.05) is 12.1 Å². The fourth-order valence-corrected chi connectivity index (χ4v) is 1.52. The second-order valence-corrected chi connectivity index (χ2v) is 3.21. The van der Waals surface area contributed by atoms with Gasteiger partial charge in [-0.1, -0.05) is 0 Å². The molecular weight excluding hydrogens is 140 g/mol. The number of rotatable bonds is 3. The first-order chi connectivity index (χ1) is 5.33. The number of hydrogen-bond donors (Lipinski definition) is 1. The monoisotopic (exact) mass is 158 g/mol. The molecule has 3 heteroatoms. The Kier molecular flexibility index (Phi) is 3.83. The Morgan fingerprint density at radius 2 is 2.45 bits per heavy atom. The molecule has 0 aliphatic carbocycles. The summed E-state index contributed by atoms with van der Waals surface area (Å²) < 4.78 is 0. The van der Waals surface area contributed by atoms with Crippen LogP contribution in [0.1, 0.15) is 12.8 Å². The predicted molar refractivity (Wildman–Crippen MR) is 45.2 cm³/mol. The minimum absolute atomic E-state index is 0.772. The van der Waals surface area contributed by atoms with Crippen molar-refractivity contribution in [2.45, 2.75) is 12.8 Å². The molecule has 1 aliphatic heterocycles. The maximum Gasteiger partial charge on any atom is 0.0575 e. The van der Waals surface area contributed by atoms with Gasteiger partial charge in [0.1, 0.15) is 0 Å². The zero-order valence-corrected chi connectivity index (χ0v) is 7.47. The summed E-state index contributed by atoms with van der Waals surface area (Å²) >= 11 is 0. The van der Waals surface area contributed by atoms with Gasteiger partial charge in [-0.2, -0.15) is 5.06 Å². The lowest BCUT2D eigenvalue weighted by atomic mass is 10.00. The van der Waals surface area contributed by atoms with Gasteiger partial charge in [-0.25, -0.2) is 0 Å². The van der Waals surface area contributed by atoms with Crippen LogP contribution in [0, 0.1) is 5.92 Å². The van der Waals surface area contributed by atoms with E-state index in [1.165, 1.54) is 19.4 Å². The summed E-state index contributed by atoms with van der Waals surface area (Å²) in [4.78, 5) is 5.06. The zero-order chi connectivity index (χ0) is 8.10. The van der Waals surface area contributed by atoms with E-state index in [-0.39, 0.29) is 0 Å². The molecule has 1 rings (SSSR count). The number of hydrogen-bond acceptors (Lipinski definition) is 3. The number of nitrogens with zero attached hydrogens (tertiary/aromatic N) is 1. The molecule has 1 heterocycles. The summed E-state index contributed by atoms with van der Waals surface area (Å²) in [5.74, 6) is 0.772. The number of piperidine rings is 1. The Balaban J connectivity index is 2.13. The predicted octanol–water partition coefficient (Wildman–Crippen LogP) is 0.479. The van der Waals surface area contributed by atoms with Crippen LogP contribution in [0.25, 0.3) is 0 Å². The average molecular weight is 158 g/mol. The van der Waals surface area contributed by atoms with Crippen molar-refractivity contribution in [1.82, 2.24) is 10.4 Å². The van der Waals surface area contributed by atoms with Crippen LogP contribution in [0.3, 0.4) is 0 Å². The summed E-state index contributed by atoms with van der Waals surface area (Å²) in [7, 11) is 3.70. The lowest BCUT2D eigenvalue weighted by Gasteiger charge is -2.26. The second-order valence-electron chi connectivity index (χ2n) is 3.21.